The third-order valence-corrected chi connectivity index (χ3v) is 5.41. The highest BCUT2D eigenvalue weighted by atomic mass is 32.2. The number of benzene rings is 2. The van der Waals surface area contributed by atoms with Crippen LogP contribution in [0, 0.1) is 0 Å². The van der Waals surface area contributed by atoms with E-state index in [1.807, 2.05) is 12.1 Å². The van der Waals surface area contributed by atoms with E-state index < -0.39 is 15.9 Å². The maximum atomic E-state index is 12.8. The van der Waals surface area contributed by atoms with Crippen LogP contribution in [0.1, 0.15) is 29.3 Å². The Morgan fingerprint density at radius 2 is 1.70 bits per heavy atom. The van der Waals surface area contributed by atoms with Gasteiger partial charge in [-0.15, -0.1) is 0 Å². The molecule has 0 heterocycles. The Morgan fingerprint density at radius 3 is 2.26 bits per heavy atom. The van der Waals surface area contributed by atoms with Gasteiger partial charge < -0.3 is 5.73 Å². The van der Waals surface area contributed by atoms with Crippen LogP contribution in [-0.4, -0.2) is 21.4 Å². The molecule has 5 nitrogen and oxygen atoms in total. The van der Waals surface area contributed by atoms with Crippen LogP contribution in [0.4, 0.5) is 5.69 Å². The number of sulfonamides is 1. The number of carbonyl (C=O) groups is 1. The lowest BCUT2D eigenvalue weighted by Crippen LogP contribution is -2.29. The maximum Gasteiger partial charge on any atom is 0.264 e. The monoisotopic (exact) mass is 332 g/mol. The molecule has 0 aliphatic carbocycles. The average molecular weight is 332 g/mol. The van der Waals surface area contributed by atoms with E-state index >= 15 is 0 Å². The van der Waals surface area contributed by atoms with Crippen LogP contribution in [0.15, 0.2) is 53.4 Å². The van der Waals surface area contributed by atoms with Crippen LogP contribution >= 0.6 is 0 Å². The SMILES string of the molecule is CCCc1ccc(S(=O)(=O)N(C)c2ccccc2C(N)=O)cc1. The van der Waals surface area contributed by atoms with Crippen molar-refractivity contribution in [3.05, 3.63) is 59.7 Å². The summed E-state index contributed by atoms with van der Waals surface area (Å²) in [6.07, 6.45) is 1.90. The normalized spacial score (nSPS) is 11.2. The molecule has 2 aromatic carbocycles. The van der Waals surface area contributed by atoms with Crippen molar-refractivity contribution in [1.29, 1.82) is 0 Å². The minimum atomic E-state index is -3.75. The van der Waals surface area contributed by atoms with Gasteiger partial charge in [-0.1, -0.05) is 37.6 Å². The minimum Gasteiger partial charge on any atom is -0.366 e. The molecule has 0 spiro atoms. The van der Waals surface area contributed by atoms with Gasteiger partial charge in [0.05, 0.1) is 16.1 Å². The fraction of sp³-hybridized carbons (Fsp3) is 0.235. The molecule has 0 radical (unpaired) electrons. The highest BCUT2D eigenvalue weighted by molar-refractivity contribution is 7.92. The predicted molar refractivity (Wildman–Crippen MR) is 91.0 cm³/mol. The number of carbonyl (C=O) groups excluding carboxylic acids is 1. The molecule has 1 amide bonds. The lowest BCUT2D eigenvalue weighted by molar-refractivity contribution is 0.100. The molecule has 2 aromatic rings. The fourth-order valence-electron chi connectivity index (χ4n) is 2.36. The number of anilines is 1. The zero-order valence-corrected chi connectivity index (χ0v) is 14.0. The summed E-state index contributed by atoms with van der Waals surface area (Å²) in [6, 6.07) is 13.2. The van der Waals surface area contributed by atoms with Gasteiger partial charge in [-0.2, -0.15) is 0 Å². The Hall–Kier alpha value is -2.34. The Balaban J connectivity index is 2.41. The van der Waals surface area contributed by atoms with Crippen molar-refractivity contribution in [1.82, 2.24) is 0 Å². The van der Waals surface area contributed by atoms with Gasteiger partial charge in [-0.3, -0.25) is 9.10 Å². The summed E-state index contributed by atoms with van der Waals surface area (Å²) < 4.78 is 26.6. The van der Waals surface area contributed by atoms with Crippen LogP contribution in [0.2, 0.25) is 0 Å². The van der Waals surface area contributed by atoms with Crippen LogP contribution < -0.4 is 10.0 Å². The molecule has 6 heteroatoms. The molecule has 23 heavy (non-hydrogen) atoms. The van der Waals surface area contributed by atoms with Gasteiger partial charge in [0.25, 0.3) is 15.9 Å². The molecule has 0 bridgehead atoms. The topological polar surface area (TPSA) is 80.5 Å². The van der Waals surface area contributed by atoms with Gasteiger partial charge in [0.1, 0.15) is 0 Å². The smallest absolute Gasteiger partial charge is 0.264 e. The molecule has 2 N–H and O–H groups in total. The van der Waals surface area contributed by atoms with Crippen molar-refractivity contribution in [2.24, 2.45) is 5.73 Å². The van der Waals surface area contributed by atoms with Crippen molar-refractivity contribution < 1.29 is 13.2 Å². The first kappa shape index (κ1) is 17.0. The van der Waals surface area contributed by atoms with Crippen LogP contribution in [0.3, 0.4) is 0 Å². The van der Waals surface area contributed by atoms with E-state index in [-0.39, 0.29) is 16.1 Å². The first-order valence-corrected chi connectivity index (χ1v) is 8.78. The maximum absolute atomic E-state index is 12.8. The first-order valence-electron chi connectivity index (χ1n) is 7.34. The lowest BCUT2D eigenvalue weighted by Gasteiger charge is -2.21. The summed E-state index contributed by atoms with van der Waals surface area (Å²) >= 11 is 0. The molecule has 0 aliphatic heterocycles. The van der Waals surface area contributed by atoms with E-state index in [1.165, 1.54) is 13.1 Å². The minimum absolute atomic E-state index is 0.168. The van der Waals surface area contributed by atoms with Gasteiger partial charge in [0.2, 0.25) is 0 Å². The molecular formula is C17H20N2O3S. The van der Waals surface area contributed by atoms with E-state index in [0.29, 0.717) is 0 Å². The molecule has 122 valence electrons. The molecule has 0 saturated carbocycles. The second-order valence-electron chi connectivity index (χ2n) is 5.25. The molecule has 0 unspecified atom stereocenters. The van der Waals surface area contributed by atoms with E-state index in [0.717, 1.165) is 22.7 Å². The van der Waals surface area contributed by atoms with Crippen molar-refractivity contribution in [2.75, 3.05) is 11.4 Å². The third kappa shape index (κ3) is 3.53. The van der Waals surface area contributed by atoms with Crippen LogP contribution in [-0.2, 0) is 16.4 Å². The number of hydrogen-bond acceptors (Lipinski definition) is 3. The number of aryl methyl sites for hydroxylation is 1. The van der Waals surface area contributed by atoms with E-state index in [1.54, 1.807) is 30.3 Å². The predicted octanol–water partition coefficient (Wildman–Crippen LogP) is 2.56. The van der Waals surface area contributed by atoms with E-state index in [4.69, 9.17) is 5.73 Å². The van der Waals surface area contributed by atoms with Gasteiger partial charge in [-0.05, 0) is 36.2 Å². The van der Waals surface area contributed by atoms with Crippen LogP contribution in [0.25, 0.3) is 0 Å². The number of primary amides is 1. The lowest BCUT2D eigenvalue weighted by atomic mass is 10.1. The number of amides is 1. The van der Waals surface area contributed by atoms with Gasteiger partial charge in [0, 0.05) is 7.05 Å². The number of nitrogens with two attached hydrogens (primary N) is 1. The Bertz CT molecular complexity index is 799. The summed E-state index contributed by atoms with van der Waals surface area (Å²) in [5.74, 6) is -0.666. The zero-order chi connectivity index (χ0) is 17.0. The van der Waals surface area contributed by atoms with Crippen molar-refractivity contribution >= 4 is 21.6 Å². The Morgan fingerprint density at radius 1 is 1.09 bits per heavy atom. The highest BCUT2D eigenvalue weighted by Gasteiger charge is 2.24. The molecule has 0 aliphatic rings. The second kappa shape index (κ2) is 6.83. The second-order valence-corrected chi connectivity index (χ2v) is 7.22. The molecule has 0 saturated heterocycles. The van der Waals surface area contributed by atoms with Crippen LogP contribution in [0.5, 0.6) is 0 Å². The standard InChI is InChI=1S/C17H20N2O3S/c1-3-6-13-9-11-14(12-10-13)23(21,22)19(2)16-8-5-4-7-15(16)17(18)20/h4-5,7-12H,3,6H2,1-2H3,(H2,18,20). The highest BCUT2D eigenvalue weighted by Crippen LogP contribution is 2.25. The molecular weight excluding hydrogens is 312 g/mol. The number of hydrogen-bond donors (Lipinski definition) is 1. The van der Waals surface area contributed by atoms with Crippen molar-refractivity contribution in [2.45, 2.75) is 24.7 Å². The quantitative estimate of drug-likeness (QED) is 0.883. The van der Waals surface area contributed by atoms with E-state index in [2.05, 4.69) is 6.92 Å². The summed E-state index contributed by atoms with van der Waals surface area (Å²) in [7, 11) is -2.34. The van der Waals surface area contributed by atoms with E-state index in [9.17, 15) is 13.2 Å². The third-order valence-electron chi connectivity index (χ3n) is 3.63. The summed E-state index contributed by atoms with van der Waals surface area (Å²) in [5, 5.41) is 0. The van der Waals surface area contributed by atoms with Gasteiger partial charge >= 0.3 is 0 Å². The molecule has 0 atom stereocenters. The number of rotatable bonds is 6. The molecule has 0 aromatic heterocycles. The Kier molecular flexibility index (Phi) is 5.05. The van der Waals surface area contributed by atoms with Crippen molar-refractivity contribution in [3.8, 4) is 0 Å². The van der Waals surface area contributed by atoms with Crippen molar-refractivity contribution in [3.63, 3.8) is 0 Å². The largest absolute Gasteiger partial charge is 0.366 e. The number of nitrogens with zero attached hydrogens (tertiary/aromatic N) is 1. The summed E-state index contributed by atoms with van der Waals surface area (Å²) in [6.45, 7) is 2.07. The Labute approximate surface area is 136 Å². The summed E-state index contributed by atoms with van der Waals surface area (Å²) in [5.41, 5.74) is 6.85. The first-order chi connectivity index (χ1) is 10.9. The molecule has 2 rings (SSSR count). The summed E-state index contributed by atoms with van der Waals surface area (Å²) in [4.78, 5) is 11.7. The zero-order valence-electron chi connectivity index (χ0n) is 13.2. The number of para-hydroxylation sites is 1. The molecule has 0 fully saturated rings. The fourth-order valence-corrected chi connectivity index (χ4v) is 3.58. The van der Waals surface area contributed by atoms with Gasteiger partial charge in [0.15, 0.2) is 0 Å². The van der Waals surface area contributed by atoms with Gasteiger partial charge in [-0.25, -0.2) is 8.42 Å². The average Bonchev–Trinajstić information content (AvgIpc) is 2.55.